The molecule has 190 valence electrons. The van der Waals surface area contributed by atoms with Gasteiger partial charge in [-0.15, -0.1) is 0 Å². The first-order valence-electron chi connectivity index (χ1n) is 11.2. The topological polar surface area (TPSA) is 114 Å². The van der Waals surface area contributed by atoms with E-state index in [0.29, 0.717) is 25.7 Å². The molecule has 0 radical (unpaired) electrons. The molecule has 1 aromatic heterocycles. The lowest BCUT2D eigenvalue weighted by atomic mass is 9.60. The van der Waals surface area contributed by atoms with Crippen molar-refractivity contribution in [3.63, 3.8) is 0 Å². The molecular weight excluding hydrogens is 503 g/mol. The highest BCUT2D eigenvalue weighted by molar-refractivity contribution is 6.30. The van der Waals surface area contributed by atoms with Crippen LogP contribution < -0.4 is 15.4 Å². The van der Waals surface area contributed by atoms with E-state index in [1.54, 1.807) is 0 Å². The number of aromatic nitrogens is 1. The van der Waals surface area contributed by atoms with Crippen LogP contribution in [0.4, 0.5) is 13.2 Å². The summed E-state index contributed by atoms with van der Waals surface area (Å²) in [5.41, 5.74) is -1.69. The largest absolute Gasteiger partial charge is 0.484 e. The molecule has 3 aromatic rings. The zero-order chi connectivity index (χ0) is 25.7. The number of carbonyl (C=O) groups excluding carboxylic acids is 2. The molecule has 36 heavy (non-hydrogen) atoms. The maximum atomic E-state index is 13.6. The van der Waals surface area contributed by atoms with Crippen molar-refractivity contribution >= 4 is 34.5 Å². The Morgan fingerprint density at radius 1 is 1.08 bits per heavy atom. The van der Waals surface area contributed by atoms with Crippen molar-refractivity contribution in [3.8, 4) is 5.75 Å². The van der Waals surface area contributed by atoms with E-state index in [9.17, 15) is 27.9 Å². The van der Waals surface area contributed by atoms with Crippen LogP contribution in [0.3, 0.4) is 0 Å². The molecule has 0 unspecified atom stereocenters. The molecule has 6 rings (SSSR count). The third-order valence-corrected chi connectivity index (χ3v) is 7.28. The number of nitrogens with one attached hydrogen (secondary N) is 2. The van der Waals surface area contributed by atoms with Gasteiger partial charge in [0.1, 0.15) is 17.1 Å². The van der Waals surface area contributed by atoms with Gasteiger partial charge in [0.2, 0.25) is 0 Å². The van der Waals surface area contributed by atoms with Crippen LogP contribution in [0.25, 0.3) is 11.1 Å². The van der Waals surface area contributed by atoms with E-state index in [0.717, 1.165) is 18.2 Å². The van der Waals surface area contributed by atoms with Gasteiger partial charge < -0.3 is 24.9 Å². The zero-order valence-corrected chi connectivity index (χ0v) is 19.5. The number of aliphatic hydroxyl groups is 1. The molecule has 2 bridgehead atoms. The fourth-order valence-corrected chi connectivity index (χ4v) is 5.12. The van der Waals surface area contributed by atoms with Crippen molar-refractivity contribution in [2.24, 2.45) is 0 Å². The molecule has 1 heterocycles. The van der Waals surface area contributed by atoms with Gasteiger partial charge in [0.05, 0.1) is 16.7 Å². The maximum absolute atomic E-state index is 13.6. The number of fused-ring (bicyclic) bond motifs is 4. The van der Waals surface area contributed by atoms with E-state index in [1.807, 2.05) is 0 Å². The van der Waals surface area contributed by atoms with Gasteiger partial charge in [-0.3, -0.25) is 9.59 Å². The molecule has 3 aliphatic carbocycles. The Balaban J connectivity index is 1.21. The summed E-state index contributed by atoms with van der Waals surface area (Å²) in [5, 5.41) is 16.5. The van der Waals surface area contributed by atoms with E-state index in [1.165, 1.54) is 12.1 Å². The Bertz CT molecular complexity index is 1320. The lowest BCUT2D eigenvalue weighted by Crippen LogP contribution is -2.70. The first-order chi connectivity index (χ1) is 17.1. The molecular formula is C24H21ClF3N3O5. The van der Waals surface area contributed by atoms with Crippen molar-refractivity contribution in [1.82, 2.24) is 15.6 Å². The number of nitrogens with zero attached hydrogens (tertiary/aromatic N) is 1. The minimum absolute atomic E-state index is 0.00848. The number of amides is 2. The third kappa shape index (κ3) is 4.48. The number of carbonyl (C=O) groups is 2. The molecule has 3 aliphatic rings. The van der Waals surface area contributed by atoms with E-state index in [2.05, 4.69) is 15.6 Å². The number of benzene rings is 2. The smallest absolute Gasteiger partial charge is 0.307 e. The lowest BCUT2D eigenvalue weighted by molar-refractivity contribution is -0.132. The fraction of sp³-hybridized carbons (Fsp3) is 0.375. The number of hydrogen-bond donors (Lipinski definition) is 3. The SMILES string of the molecule is O=C(COc1ccc(Cl)c(F)c1)NC12CCC(NC(=O)c3nc4cc(F)c(F)cc4o3)(CC1)C[C@@H]2O. The highest BCUT2D eigenvalue weighted by Crippen LogP contribution is 2.47. The first kappa shape index (κ1) is 24.4. The van der Waals surface area contributed by atoms with Gasteiger partial charge in [0.15, 0.2) is 23.8 Å². The summed E-state index contributed by atoms with van der Waals surface area (Å²) >= 11 is 5.64. The Labute approximate surface area is 207 Å². The molecule has 12 heteroatoms. The normalized spacial score (nSPS) is 25.1. The van der Waals surface area contributed by atoms with Crippen molar-refractivity contribution in [1.29, 1.82) is 0 Å². The molecule has 2 amide bonds. The van der Waals surface area contributed by atoms with Crippen LogP contribution in [0.5, 0.6) is 5.75 Å². The Morgan fingerprint density at radius 3 is 2.50 bits per heavy atom. The van der Waals surface area contributed by atoms with Crippen LogP contribution in [-0.4, -0.2) is 45.7 Å². The van der Waals surface area contributed by atoms with Crippen LogP contribution in [-0.2, 0) is 4.79 Å². The summed E-state index contributed by atoms with van der Waals surface area (Å²) in [6, 6.07) is 5.50. The second kappa shape index (κ2) is 8.97. The first-order valence-corrected chi connectivity index (χ1v) is 11.6. The van der Waals surface area contributed by atoms with E-state index >= 15 is 0 Å². The van der Waals surface area contributed by atoms with Crippen molar-refractivity contribution in [2.45, 2.75) is 49.3 Å². The summed E-state index contributed by atoms with van der Waals surface area (Å²) in [7, 11) is 0. The number of aliphatic hydroxyl groups excluding tert-OH is 1. The minimum atomic E-state index is -1.11. The van der Waals surface area contributed by atoms with E-state index < -0.39 is 46.4 Å². The summed E-state index contributed by atoms with van der Waals surface area (Å²) in [6.07, 6.45) is 0.917. The predicted molar refractivity (Wildman–Crippen MR) is 121 cm³/mol. The van der Waals surface area contributed by atoms with Gasteiger partial charge in [-0.1, -0.05) is 11.6 Å². The summed E-state index contributed by atoms with van der Waals surface area (Å²) in [5.74, 6) is -4.23. The average molecular weight is 524 g/mol. The molecule has 0 spiro atoms. The standard InChI is InChI=1S/C24H21ClF3N3O5/c25-13-2-1-12(7-14(13)26)35-11-20(33)30-24-5-3-23(4-6-24,10-19(24)32)31-21(34)22-29-17-8-15(27)16(28)9-18(17)36-22/h1-2,7-9,19,32H,3-6,10-11H2,(H,30,33)(H,31,34)/t19-,23?,24?/m0/s1. The van der Waals surface area contributed by atoms with Crippen molar-refractivity contribution < 1.29 is 37.0 Å². The van der Waals surface area contributed by atoms with Gasteiger partial charge in [-0.05, 0) is 44.2 Å². The van der Waals surface area contributed by atoms with Crippen LogP contribution in [0, 0.1) is 17.5 Å². The Hall–Kier alpha value is -3.31. The molecule has 0 aliphatic heterocycles. The zero-order valence-electron chi connectivity index (χ0n) is 18.7. The predicted octanol–water partition coefficient (Wildman–Crippen LogP) is 3.64. The van der Waals surface area contributed by atoms with E-state index in [-0.39, 0.29) is 40.8 Å². The average Bonchev–Trinajstić information content (AvgIpc) is 3.24. The minimum Gasteiger partial charge on any atom is -0.484 e. The van der Waals surface area contributed by atoms with Crippen LogP contribution in [0.2, 0.25) is 5.02 Å². The monoisotopic (exact) mass is 523 g/mol. The number of rotatable bonds is 6. The Morgan fingerprint density at radius 2 is 1.81 bits per heavy atom. The highest BCUT2D eigenvalue weighted by atomic mass is 35.5. The lowest BCUT2D eigenvalue weighted by Gasteiger charge is -2.56. The van der Waals surface area contributed by atoms with Crippen LogP contribution >= 0.6 is 11.6 Å². The van der Waals surface area contributed by atoms with Gasteiger partial charge in [-0.2, -0.15) is 0 Å². The molecule has 2 aromatic carbocycles. The number of halogens is 4. The number of ether oxygens (including phenoxy) is 1. The van der Waals surface area contributed by atoms with Crippen molar-refractivity contribution in [3.05, 3.63) is 58.7 Å². The summed E-state index contributed by atoms with van der Waals surface area (Å²) < 4.78 is 51.1. The molecule has 3 N–H and O–H groups in total. The quantitative estimate of drug-likeness (QED) is 0.454. The fourth-order valence-electron chi connectivity index (χ4n) is 5.01. The van der Waals surface area contributed by atoms with Gasteiger partial charge in [-0.25, -0.2) is 18.2 Å². The second-order valence-corrected chi connectivity index (χ2v) is 9.68. The van der Waals surface area contributed by atoms with Crippen LogP contribution in [0.1, 0.15) is 42.8 Å². The molecule has 3 saturated carbocycles. The van der Waals surface area contributed by atoms with Gasteiger partial charge >= 0.3 is 5.91 Å². The Kier molecular flexibility index (Phi) is 6.08. The summed E-state index contributed by atoms with van der Waals surface area (Å²) in [6.45, 7) is -0.379. The second-order valence-electron chi connectivity index (χ2n) is 9.28. The maximum Gasteiger partial charge on any atom is 0.307 e. The third-order valence-electron chi connectivity index (χ3n) is 6.97. The summed E-state index contributed by atoms with van der Waals surface area (Å²) in [4.78, 5) is 29.3. The molecule has 3 fully saturated rings. The molecule has 0 saturated heterocycles. The highest BCUT2D eigenvalue weighted by Gasteiger charge is 2.55. The molecule has 1 atom stereocenters. The van der Waals surface area contributed by atoms with Crippen LogP contribution in [0.15, 0.2) is 34.7 Å². The number of oxazole rings is 1. The van der Waals surface area contributed by atoms with E-state index in [4.69, 9.17) is 20.8 Å². The molecule has 8 nitrogen and oxygen atoms in total. The van der Waals surface area contributed by atoms with Gasteiger partial charge in [0, 0.05) is 23.7 Å². The number of hydrogen-bond acceptors (Lipinski definition) is 6. The van der Waals surface area contributed by atoms with Crippen molar-refractivity contribution in [2.75, 3.05) is 6.61 Å². The van der Waals surface area contributed by atoms with Gasteiger partial charge in [0.25, 0.3) is 11.8 Å².